The minimum Gasteiger partial charge on any atom is -0.480 e. The maximum Gasteiger partial charge on any atom is 0.323 e. The van der Waals surface area contributed by atoms with Crippen molar-refractivity contribution in [2.24, 2.45) is 4.99 Å². The number of hydrogen-bond acceptors (Lipinski definition) is 5. The van der Waals surface area contributed by atoms with E-state index in [1.54, 1.807) is 30.1 Å². The van der Waals surface area contributed by atoms with Gasteiger partial charge in [-0.3, -0.25) is 14.6 Å². The van der Waals surface area contributed by atoms with Crippen molar-refractivity contribution < 1.29 is 19.1 Å². The second kappa shape index (κ2) is 10.1. The van der Waals surface area contributed by atoms with Crippen LogP contribution < -0.4 is 10.2 Å². The number of aliphatic imine (C=N–C) groups is 1. The number of likely N-dealkylation sites (N-methyl/N-ethyl adjacent to an activating group) is 1. The summed E-state index contributed by atoms with van der Waals surface area (Å²) in [5.74, 6) is -2.34. The molecule has 4 rings (SSSR count). The number of rotatable bonds is 8. The molecule has 1 heterocycles. The molecule has 0 spiro atoms. The number of fused-ring (bicyclic) bond motifs is 1. The summed E-state index contributed by atoms with van der Waals surface area (Å²) in [6, 6.07) is 19.3. The van der Waals surface area contributed by atoms with Crippen LogP contribution in [0.25, 0.3) is 0 Å². The Morgan fingerprint density at radius 3 is 2.34 bits per heavy atom. The maximum atomic E-state index is 13.8. The highest BCUT2D eigenvalue weighted by Crippen LogP contribution is 2.37. The Balaban J connectivity index is 1.75. The van der Waals surface area contributed by atoms with E-state index in [0.717, 1.165) is 17.8 Å². The van der Waals surface area contributed by atoms with Crippen LogP contribution in [0.2, 0.25) is 0 Å². The lowest BCUT2D eigenvalue weighted by atomic mass is 9.90. The van der Waals surface area contributed by atoms with E-state index in [1.807, 2.05) is 50.5 Å². The minimum atomic E-state index is -0.928. The Hall–Kier alpha value is -4.04. The van der Waals surface area contributed by atoms with Crippen molar-refractivity contribution in [3.8, 4) is 0 Å². The summed E-state index contributed by atoms with van der Waals surface area (Å²) in [4.78, 5) is 32.6. The number of benzene rings is 3. The average molecular weight is 475 g/mol. The third kappa shape index (κ3) is 5.55. The van der Waals surface area contributed by atoms with Gasteiger partial charge in [-0.05, 0) is 67.2 Å². The molecular formula is C27H27FN4O3. The first-order valence-electron chi connectivity index (χ1n) is 11.2. The molecule has 0 radical (unpaired) electrons. The molecule has 0 fully saturated rings. The molecule has 1 aliphatic heterocycles. The number of carbonyl (C=O) groups excluding carboxylic acids is 1. The number of nitrogens with zero attached hydrogens (tertiary/aromatic N) is 3. The summed E-state index contributed by atoms with van der Waals surface area (Å²) in [6.45, 7) is 0.662. The van der Waals surface area contributed by atoms with E-state index in [9.17, 15) is 14.0 Å². The Labute approximate surface area is 203 Å². The number of carboxylic acids is 1. The summed E-state index contributed by atoms with van der Waals surface area (Å²) < 4.78 is 13.8. The molecule has 3 aromatic rings. The van der Waals surface area contributed by atoms with Crippen molar-refractivity contribution in [2.45, 2.75) is 12.5 Å². The number of carbonyl (C=O) groups is 2. The summed E-state index contributed by atoms with van der Waals surface area (Å²) in [6.07, 6.45) is 0. The summed E-state index contributed by atoms with van der Waals surface area (Å²) in [7, 11) is 5.70. The first-order valence-corrected chi connectivity index (χ1v) is 11.2. The summed E-state index contributed by atoms with van der Waals surface area (Å²) >= 11 is 0. The molecule has 0 aromatic heterocycles. The molecule has 2 N–H and O–H groups in total. The summed E-state index contributed by atoms with van der Waals surface area (Å²) in [5.41, 5.74) is 4.90. The van der Waals surface area contributed by atoms with Crippen LogP contribution >= 0.6 is 0 Å². The molecule has 7 nitrogen and oxygen atoms in total. The lowest BCUT2D eigenvalue weighted by Gasteiger charge is -2.18. The molecule has 0 bridgehead atoms. The molecule has 1 amide bonds. The number of anilines is 2. The molecule has 3 aromatic carbocycles. The van der Waals surface area contributed by atoms with E-state index < -0.39 is 17.7 Å². The normalized spacial score (nSPS) is 15.2. The van der Waals surface area contributed by atoms with Crippen LogP contribution in [0.1, 0.15) is 22.6 Å². The van der Waals surface area contributed by atoms with Gasteiger partial charge in [0.15, 0.2) is 0 Å². The van der Waals surface area contributed by atoms with Crippen LogP contribution in [0.3, 0.4) is 0 Å². The highest BCUT2D eigenvalue weighted by atomic mass is 19.1. The first-order chi connectivity index (χ1) is 16.7. The minimum absolute atomic E-state index is 0.135. The largest absolute Gasteiger partial charge is 0.480 e. The van der Waals surface area contributed by atoms with E-state index in [0.29, 0.717) is 28.2 Å². The third-order valence-electron chi connectivity index (χ3n) is 5.78. The Bertz CT molecular complexity index is 1270. The zero-order valence-electron chi connectivity index (χ0n) is 19.8. The molecule has 8 heteroatoms. The zero-order valence-corrected chi connectivity index (χ0v) is 19.8. The van der Waals surface area contributed by atoms with Gasteiger partial charge in [0.25, 0.3) is 0 Å². The molecule has 1 atom stereocenters. The van der Waals surface area contributed by atoms with Gasteiger partial charge in [0.05, 0.1) is 11.4 Å². The quantitative estimate of drug-likeness (QED) is 0.477. The van der Waals surface area contributed by atoms with Gasteiger partial charge in [-0.15, -0.1) is 0 Å². The fourth-order valence-electron chi connectivity index (χ4n) is 4.16. The fraction of sp³-hybridized carbons (Fsp3) is 0.222. The smallest absolute Gasteiger partial charge is 0.323 e. The van der Waals surface area contributed by atoms with Crippen LogP contribution in [-0.4, -0.2) is 55.3 Å². The highest BCUT2D eigenvalue weighted by molar-refractivity contribution is 6.24. The SMILES string of the molecule is CN(C)Cc1ccc(N=C(c2ccc(N(C)CC(=O)O)cc2)C2C(=O)Nc3cc(F)ccc32)cc1. The van der Waals surface area contributed by atoms with E-state index in [-0.39, 0.29) is 12.5 Å². The number of hydrogen-bond donors (Lipinski definition) is 2. The number of carboxylic acid groups (broad SMARTS) is 1. The van der Waals surface area contributed by atoms with Gasteiger partial charge in [-0.25, -0.2) is 4.39 Å². The molecule has 180 valence electrons. The van der Waals surface area contributed by atoms with Gasteiger partial charge < -0.3 is 20.2 Å². The third-order valence-corrected chi connectivity index (χ3v) is 5.78. The number of amides is 1. The molecule has 1 aliphatic rings. The van der Waals surface area contributed by atoms with Gasteiger partial charge in [-0.2, -0.15) is 0 Å². The molecular weight excluding hydrogens is 447 g/mol. The lowest BCUT2D eigenvalue weighted by Crippen LogP contribution is -2.25. The molecule has 0 saturated carbocycles. The Kier molecular flexibility index (Phi) is 6.93. The van der Waals surface area contributed by atoms with Crippen LogP contribution in [0.5, 0.6) is 0 Å². The van der Waals surface area contributed by atoms with Crippen LogP contribution in [0, 0.1) is 5.82 Å². The second-order valence-corrected chi connectivity index (χ2v) is 8.85. The number of halogens is 1. The number of nitrogens with one attached hydrogen (secondary N) is 1. The van der Waals surface area contributed by atoms with E-state index in [4.69, 9.17) is 10.1 Å². The van der Waals surface area contributed by atoms with Crippen molar-refractivity contribution in [2.75, 3.05) is 37.9 Å². The average Bonchev–Trinajstić information content (AvgIpc) is 3.12. The van der Waals surface area contributed by atoms with Crippen LogP contribution in [0.15, 0.2) is 71.7 Å². The van der Waals surface area contributed by atoms with Crippen molar-refractivity contribution in [3.63, 3.8) is 0 Å². The van der Waals surface area contributed by atoms with Gasteiger partial charge in [0, 0.05) is 25.0 Å². The molecule has 0 aliphatic carbocycles. The maximum absolute atomic E-state index is 13.8. The lowest BCUT2D eigenvalue weighted by molar-refractivity contribution is -0.135. The number of aliphatic carboxylic acids is 1. The van der Waals surface area contributed by atoms with Gasteiger partial charge in [-0.1, -0.05) is 30.3 Å². The van der Waals surface area contributed by atoms with Gasteiger partial charge >= 0.3 is 5.97 Å². The predicted octanol–water partition coefficient (Wildman–Crippen LogP) is 4.26. The second-order valence-electron chi connectivity index (χ2n) is 8.85. The van der Waals surface area contributed by atoms with Crippen molar-refractivity contribution in [3.05, 3.63) is 89.2 Å². The predicted molar refractivity (Wildman–Crippen MR) is 135 cm³/mol. The van der Waals surface area contributed by atoms with Crippen molar-refractivity contribution in [1.82, 2.24) is 4.90 Å². The van der Waals surface area contributed by atoms with Crippen LogP contribution in [-0.2, 0) is 16.1 Å². The highest BCUT2D eigenvalue weighted by Gasteiger charge is 2.35. The topological polar surface area (TPSA) is 85.2 Å². The molecule has 1 unspecified atom stereocenters. The van der Waals surface area contributed by atoms with Crippen molar-refractivity contribution >= 4 is 34.7 Å². The van der Waals surface area contributed by atoms with E-state index in [2.05, 4.69) is 10.2 Å². The molecule has 35 heavy (non-hydrogen) atoms. The van der Waals surface area contributed by atoms with Gasteiger partial charge in [0.1, 0.15) is 18.3 Å². The summed E-state index contributed by atoms with van der Waals surface area (Å²) in [5, 5.41) is 11.8. The Morgan fingerprint density at radius 2 is 1.71 bits per heavy atom. The molecule has 0 saturated heterocycles. The van der Waals surface area contributed by atoms with E-state index >= 15 is 0 Å². The van der Waals surface area contributed by atoms with Crippen LogP contribution in [0.4, 0.5) is 21.5 Å². The van der Waals surface area contributed by atoms with Gasteiger partial charge in [0.2, 0.25) is 5.91 Å². The zero-order chi connectivity index (χ0) is 25.1. The van der Waals surface area contributed by atoms with Crippen molar-refractivity contribution in [1.29, 1.82) is 0 Å². The van der Waals surface area contributed by atoms with E-state index in [1.165, 1.54) is 12.1 Å². The monoisotopic (exact) mass is 474 g/mol. The first kappa shape index (κ1) is 24.1. The Morgan fingerprint density at radius 1 is 1.03 bits per heavy atom. The fourth-order valence-corrected chi connectivity index (χ4v) is 4.16. The standard InChI is InChI=1S/C27H27FN4O3/c1-31(2)15-17-4-9-20(10-5-17)29-26(18-6-11-21(12-7-18)32(3)16-24(33)34)25-22-13-8-19(28)14-23(22)30-27(25)35/h4-14,25H,15-16H2,1-3H3,(H,30,35)(H,33,34).